The van der Waals surface area contributed by atoms with Crippen molar-refractivity contribution in [3.63, 3.8) is 0 Å². The number of primary amides is 1. The van der Waals surface area contributed by atoms with Crippen molar-refractivity contribution in [3.8, 4) is 11.3 Å². The first-order chi connectivity index (χ1) is 12.5. The van der Waals surface area contributed by atoms with Crippen LogP contribution < -0.4 is 11.5 Å². The molecule has 3 aromatic rings. The Morgan fingerprint density at radius 2 is 2.12 bits per heavy atom. The number of aromatic nitrogens is 5. The fourth-order valence-corrected chi connectivity index (χ4v) is 4.07. The molecular weight excluding hydrogens is 330 g/mol. The minimum Gasteiger partial charge on any atom is -0.382 e. The van der Waals surface area contributed by atoms with E-state index in [1.54, 1.807) is 0 Å². The molecule has 1 atom stereocenters. The number of anilines is 1. The molecule has 1 amide bonds. The number of carbonyl (C=O) groups excluding carboxylic acids is 1. The third kappa shape index (κ3) is 2.81. The summed E-state index contributed by atoms with van der Waals surface area (Å²) in [5.74, 6) is 0.489. The van der Waals surface area contributed by atoms with Gasteiger partial charge in [-0.25, -0.2) is 9.97 Å². The maximum Gasteiger partial charge on any atom is 0.219 e. The second-order valence-electron chi connectivity index (χ2n) is 7.08. The summed E-state index contributed by atoms with van der Waals surface area (Å²) >= 11 is 0. The lowest BCUT2D eigenvalue weighted by atomic mass is 9.95. The largest absolute Gasteiger partial charge is 0.382 e. The van der Waals surface area contributed by atoms with E-state index in [4.69, 9.17) is 11.5 Å². The van der Waals surface area contributed by atoms with E-state index in [2.05, 4.69) is 15.1 Å². The van der Waals surface area contributed by atoms with Crippen molar-refractivity contribution in [1.29, 1.82) is 0 Å². The fraction of sp³-hybridized carbons (Fsp3) is 0.444. The molecule has 0 bridgehead atoms. The minimum absolute atomic E-state index is 0.0563. The summed E-state index contributed by atoms with van der Waals surface area (Å²) in [7, 11) is 1.94. The van der Waals surface area contributed by atoms with Crippen LogP contribution in [-0.4, -0.2) is 30.2 Å². The summed E-state index contributed by atoms with van der Waals surface area (Å²) in [6, 6.07) is 1.92. The number of carbonyl (C=O) groups is 1. The Morgan fingerprint density at radius 1 is 1.35 bits per heavy atom. The number of hydrogen-bond acceptors (Lipinski definition) is 5. The van der Waals surface area contributed by atoms with Crippen LogP contribution in [-0.2, 0) is 11.8 Å². The highest BCUT2D eigenvalue weighted by molar-refractivity contribution is 5.93. The number of nitrogen functional groups attached to an aromatic ring is 1. The Morgan fingerprint density at radius 3 is 2.85 bits per heavy atom. The molecule has 4 N–H and O–H groups in total. The van der Waals surface area contributed by atoms with Gasteiger partial charge in [-0.3, -0.25) is 9.48 Å². The van der Waals surface area contributed by atoms with Gasteiger partial charge in [0.05, 0.1) is 17.3 Å². The molecule has 26 heavy (non-hydrogen) atoms. The molecule has 0 aliphatic heterocycles. The van der Waals surface area contributed by atoms with Gasteiger partial charge in [0.25, 0.3) is 0 Å². The van der Waals surface area contributed by atoms with Gasteiger partial charge >= 0.3 is 0 Å². The molecule has 0 aromatic carbocycles. The number of hydrogen-bond donors (Lipinski definition) is 2. The molecule has 136 valence electrons. The molecular formula is C18H23N7O. The SMILES string of the molecule is Cn1ccc2c(-c3cn(C(CC(N)=O)C4CCCC4)nc3N)ncnc21. The maximum absolute atomic E-state index is 11.6. The summed E-state index contributed by atoms with van der Waals surface area (Å²) in [6.07, 6.45) is 10.2. The lowest BCUT2D eigenvalue weighted by Gasteiger charge is -2.22. The minimum atomic E-state index is -0.315. The van der Waals surface area contributed by atoms with Gasteiger partial charge in [-0.15, -0.1) is 0 Å². The van der Waals surface area contributed by atoms with Gasteiger partial charge in [0, 0.05) is 31.2 Å². The molecule has 1 fully saturated rings. The average Bonchev–Trinajstić information content (AvgIpc) is 3.33. The van der Waals surface area contributed by atoms with E-state index in [-0.39, 0.29) is 18.4 Å². The van der Waals surface area contributed by atoms with E-state index < -0.39 is 0 Å². The molecule has 4 rings (SSSR count). The highest BCUT2D eigenvalue weighted by atomic mass is 16.1. The van der Waals surface area contributed by atoms with Crippen molar-refractivity contribution < 1.29 is 4.79 Å². The fourth-order valence-electron chi connectivity index (χ4n) is 4.07. The predicted octanol–water partition coefficient (Wildman–Crippen LogP) is 2.02. The van der Waals surface area contributed by atoms with Crippen LogP contribution in [0.5, 0.6) is 0 Å². The number of rotatable bonds is 5. The Balaban J connectivity index is 1.77. The zero-order valence-electron chi connectivity index (χ0n) is 14.8. The monoisotopic (exact) mass is 353 g/mol. The molecule has 1 aliphatic rings. The first-order valence-electron chi connectivity index (χ1n) is 8.94. The summed E-state index contributed by atoms with van der Waals surface area (Å²) < 4.78 is 3.76. The average molecular weight is 353 g/mol. The number of nitrogens with two attached hydrogens (primary N) is 2. The lowest BCUT2D eigenvalue weighted by Crippen LogP contribution is -2.25. The van der Waals surface area contributed by atoms with E-state index in [0.717, 1.165) is 35.1 Å². The van der Waals surface area contributed by atoms with Gasteiger partial charge in [-0.2, -0.15) is 5.10 Å². The van der Waals surface area contributed by atoms with Crippen LogP contribution in [0.3, 0.4) is 0 Å². The van der Waals surface area contributed by atoms with E-state index in [1.165, 1.54) is 19.2 Å². The second kappa shape index (κ2) is 6.44. The highest BCUT2D eigenvalue weighted by Crippen LogP contribution is 2.38. The zero-order chi connectivity index (χ0) is 18.3. The first kappa shape index (κ1) is 16.6. The molecule has 1 unspecified atom stereocenters. The van der Waals surface area contributed by atoms with Crippen molar-refractivity contribution in [1.82, 2.24) is 24.3 Å². The van der Waals surface area contributed by atoms with Crippen molar-refractivity contribution >= 4 is 22.8 Å². The quantitative estimate of drug-likeness (QED) is 0.727. The smallest absolute Gasteiger partial charge is 0.219 e. The Hall–Kier alpha value is -2.90. The highest BCUT2D eigenvalue weighted by Gasteiger charge is 2.29. The molecule has 0 saturated heterocycles. The Kier molecular flexibility index (Phi) is 4.10. The normalized spacial score (nSPS) is 16.3. The van der Waals surface area contributed by atoms with Gasteiger partial charge in [0.15, 0.2) is 5.82 Å². The van der Waals surface area contributed by atoms with Crippen LogP contribution in [0.15, 0.2) is 24.8 Å². The number of fused-ring (bicyclic) bond motifs is 1. The standard InChI is InChI=1S/C18H23N7O/c1-24-7-6-12-16(21-10-22-18(12)24)13-9-25(23-17(13)20)14(8-15(19)26)11-4-2-3-5-11/h6-7,9-11,14H,2-5,8H2,1H3,(H2,19,26)(H2,20,23). The van der Waals surface area contributed by atoms with Crippen LogP contribution >= 0.6 is 0 Å². The van der Waals surface area contributed by atoms with Crippen molar-refractivity contribution in [2.75, 3.05) is 5.73 Å². The van der Waals surface area contributed by atoms with E-state index in [1.807, 2.05) is 34.8 Å². The van der Waals surface area contributed by atoms with Crippen molar-refractivity contribution in [2.24, 2.45) is 18.7 Å². The van der Waals surface area contributed by atoms with Gasteiger partial charge in [-0.05, 0) is 24.8 Å². The van der Waals surface area contributed by atoms with Crippen molar-refractivity contribution in [3.05, 3.63) is 24.8 Å². The van der Waals surface area contributed by atoms with Gasteiger partial charge in [0.1, 0.15) is 12.0 Å². The van der Waals surface area contributed by atoms with Gasteiger partial charge < -0.3 is 16.0 Å². The molecule has 1 aliphatic carbocycles. The zero-order valence-corrected chi connectivity index (χ0v) is 14.8. The van der Waals surface area contributed by atoms with Crippen molar-refractivity contribution in [2.45, 2.75) is 38.1 Å². The van der Waals surface area contributed by atoms with E-state index in [0.29, 0.717) is 11.7 Å². The first-order valence-corrected chi connectivity index (χ1v) is 8.94. The number of amides is 1. The van der Waals surface area contributed by atoms with Crippen LogP contribution in [0.2, 0.25) is 0 Å². The summed E-state index contributed by atoms with van der Waals surface area (Å²) in [5, 5.41) is 5.44. The third-order valence-electron chi connectivity index (χ3n) is 5.37. The summed E-state index contributed by atoms with van der Waals surface area (Å²) in [4.78, 5) is 20.4. The third-order valence-corrected chi connectivity index (χ3v) is 5.37. The van der Waals surface area contributed by atoms with Crippen LogP contribution in [0.25, 0.3) is 22.3 Å². The number of nitrogens with zero attached hydrogens (tertiary/aromatic N) is 5. The van der Waals surface area contributed by atoms with E-state index >= 15 is 0 Å². The molecule has 8 heteroatoms. The van der Waals surface area contributed by atoms with Gasteiger partial charge in [0.2, 0.25) is 5.91 Å². The summed E-state index contributed by atoms with van der Waals surface area (Å²) in [6.45, 7) is 0. The maximum atomic E-state index is 11.6. The van der Waals surface area contributed by atoms with Crippen LogP contribution in [0, 0.1) is 5.92 Å². The second-order valence-corrected chi connectivity index (χ2v) is 7.08. The van der Waals surface area contributed by atoms with Gasteiger partial charge in [-0.1, -0.05) is 12.8 Å². The van der Waals surface area contributed by atoms with E-state index in [9.17, 15) is 4.79 Å². The Labute approximate surface area is 151 Å². The topological polar surface area (TPSA) is 118 Å². The van der Waals surface area contributed by atoms with Crippen LogP contribution in [0.1, 0.15) is 38.1 Å². The molecule has 3 heterocycles. The molecule has 0 radical (unpaired) electrons. The van der Waals surface area contributed by atoms with Crippen LogP contribution in [0.4, 0.5) is 5.82 Å². The lowest BCUT2D eigenvalue weighted by molar-refractivity contribution is -0.119. The number of aryl methyl sites for hydroxylation is 1. The molecule has 0 spiro atoms. The molecule has 1 saturated carbocycles. The Bertz CT molecular complexity index is 952. The molecule has 3 aromatic heterocycles. The summed E-state index contributed by atoms with van der Waals surface area (Å²) in [5.41, 5.74) is 14.1. The molecule has 8 nitrogen and oxygen atoms in total. The predicted molar refractivity (Wildman–Crippen MR) is 98.9 cm³/mol.